The summed E-state index contributed by atoms with van der Waals surface area (Å²) in [6.07, 6.45) is 2.26. The summed E-state index contributed by atoms with van der Waals surface area (Å²) in [5.41, 5.74) is 1.29. The Morgan fingerprint density at radius 2 is 1.95 bits per heavy atom. The molecule has 2 rings (SSSR count). The van der Waals surface area contributed by atoms with E-state index in [1.54, 1.807) is 0 Å². The van der Waals surface area contributed by atoms with Crippen molar-refractivity contribution in [2.24, 2.45) is 0 Å². The van der Waals surface area contributed by atoms with Gasteiger partial charge in [-0.3, -0.25) is 0 Å². The summed E-state index contributed by atoms with van der Waals surface area (Å²) in [7, 11) is 0. The maximum atomic E-state index is 11.0. The average molecular weight is 277 g/mol. The minimum atomic E-state index is -0.800. The fourth-order valence-electron chi connectivity index (χ4n) is 2.71. The maximum absolute atomic E-state index is 11.0. The Bertz CT molecular complexity index is 442. The molecule has 1 aliphatic heterocycles. The van der Waals surface area contributed by atoms with Crippen molar-refractivity contribution in [2.45, 2.75) is 45.1 Å². The van der Waals surface area contributed by atoms with Gasteiger partial charge in [0.15, 0.2) is 0 Å². The summed E-state index contributed by atoms with van der Waals surface area (Å²) in [6, 6.07) is 8.24. The molecule has 1 N–H and O–H groups in total. The summed E-state index contributed by atoms with van der Waals surface area (Å²) >= 11 is 0. The van der Waals surface area contributed by atoms with E-state index in [0.29, 0.717) is 19.0 Å². The lowest BCUT2D eigenvalue weighted by atomic mass is 9.92. The zero-order valence-corrected chi connectivity index (χ0v) is 12.2. The van der Waals surface area contributed by atoms with Gasteiger partial charge in [-0.2, -0.15) is 0 Å². The predicted molar refractivity (Wildman–Crippen MR) is 78.4 cm³/mol. The molecule has 4 nitrogen and oxygen atoms in total. The third-order valence-corrected chi connectivity index (χ3v) is 3.72. The highest BCUT2D eigenvalue weighted by Gasteiger charge is 2.21. The number of ether oxygens (including phenoxy) is 1. The molecule has 0 bridgehead atoms. The molecule has 0 aromatic heterocycles. The van der Waals surface area contributed by atoms with Crippen LogP contribution in [0.4, 0.5) is 4.79 Å². The summed E-state index contributed by atoms with van der Waals surface area (Å²) in [4.78, 5) is 12.5. The fraction of sp³-hybridized carbons (Fsp3) is 0.562. The molecule has 1 atom stereocenters. The first kappa shape index (κ1) is 14.7. The van der Waals surface area contributed by atoms with E-state index in [2.05, 4.69) is 12.1 Å². The molecule has 1 fully saturated rings. The Balaban J connectivity index is 1.99. The van der Waals surface area contributed by atoms with Gasteiger partial charge in [0, 0.05) is 13.1 Å². The Kier molecular flexibility index (Phi) is 4.88. The SMILES string of the molecule is CC(C)Oc1ccc(C2CCCN(C(=O)O)CC2)cc1. The number of likely N-dealkylation sites (tertiary alicyclic amines) is 1. The molecule has 4 heteroatoms. The van der Waals surface area contributed by atoms with Gasteiger partial charge in [0.1, 0.15) is 5.75 Å². The quantitative estimate of drug-likeness (QED) is 0.916. The monoisotopic (exact) mass is 277 g/mol. The van der Waals surface area contributed by atoms with Crippen molar-refractivity contribution in [3.05, 3.63) is 29.8 Å². The van der Waals surface area contributed by atoms with Crippen molar-refractivity contribution in [1.29, 1.82) is 0 Å². The molecule has 20 heavy (non-hydrogen) atoms. The van der Waals surface area contributed by atoms with Gasteiger partial charge in [0.2, 0.25) is 0 Å². The van der Waals surface area contributed by atoms with Crippen LogP contribution in [0.5, 0.6) is 5.75 Å². The van der Waals surface area contributed by atoms with Crippen LogP contribution in [0.15, 0.2) is 24.3 Å². The number of benzene rings is 1. The van der Waals surface area contributed by atoms with Crippen LogP contribution in [-0.2, 0) is 0 Å². The molecule has 1 aliphatic rings. The number of carboxylic acid groups (broad SMARTS) is 1. The first-order valence-electron chi connectivity index (χ1n) is 7.30. The number of hydrogen-bond donors (Lipinski definition) is 1. The lowest BCUT2D eigenvalue weighted by Gasteiger charge is -2.17. The highest BCUT2D eigenvalue weighted by molar-refractivity contribution is 5.64. The van der Waals surface area contributed by atoms with Crippen LogP contribution >= 0.6 is 0 Å². The second kappa shape index (κ2) is 6.64. The van der Waals surface area contributed by atoms with Crippen LogP contribution in [0.2, 0.25) is 0 Å². The molecule has 0 radical (unpaired) electrons. The third kappa shape index (κ3) is 3.89. The summed E-state index contributed by atoms with van der Waals surface area (Å²) in [5, 5.41) is 9.05. The smallest absolute Gasteiger partial charge is 0.407 e. The van der Waals surface area contributed by atoms with Crippen molar-refractivity contribution in [2.75, 3.05) is 13.1 Å². The summed E-state index contributed by atoms with van der Waals surface area (Å²) in [5.74, 6) is 1.34. The van der Waals surface area contributed by atoms with E-state index in [4.69, 9.17) is 9.84 Å². The number of amides is 1. The molecule has 1 unspecified atom stereocenters. The molecule has 1 aromatic rings. The first-order chi connectivity index (χ1) is 9.56. The molecular weight excluding hydrogens is 254 g/mol. The normalized spacial score (nSPS) is 19.8. The molecule has 0 saturated carbocycles. The van der Waals surface area contributed by atoms with Crippen molar-refractivity contribution in [3.8, 4) is 5.75 Å². The van der Waals surface area contributed by atoms with E-state index in [1.807, 2.05) is 26.0 Å². The van der Waals surface area contributed by atoms with Crippen molar-refractivity contribution in [3.63, 3.8) is 0 Å². The van der Waals surface area contributed by atoms with Crippen LogP contribution < -0.4 is 4.74 Å². The van der Waals surface area contributed by atoms with Gasteiger partial charge in [-0.05, 0) is 56.7 Å². The number of carbonyl (C=O) groups is 1. The van der Waals surface area contributed by atoms with Gasteiger partial charge >= 0.3 is 6.09 Å². The van der Waals surface area contributed by atoms with Crippen LogP contribution in [0.25, 0.3) is 0 Å². The van der Waals surface area contributed by atoms with E-state index < -0.39 is 6.09 Å². The lowest BCUT2D eigenvalue weighted by Crippen LogP contribution is -2.30. The molecule has 0 spiro atoms. The summed E-state index contributed by atoms with van der Waals surface area (Å²) in [6.45, 7) is 5.31. The van der Waals surface area contributed by atoms with Gasteiger partial charge < -0.3 is 14.7 Å². The van der Waals surface area contributed by atoms with Gasteiger partial charge in [-0.15, -0.1) is 0 Å². The zero-order valence-electron chi connectivity index (χ0n) is 12.2. The number of nitrogens with zero attached hydrogens (tertiary/aromatic N) is 1. The molecule has 0 aliphatic carbocycles. The Morgan fingerprint density at radius 3 is 2.55 bits per heavy atom. The second-order valence-corrected chi connectivity index (χ2v) is 5.63. The van der Waals surface area contributed by atoms with Gasteiger partial charge in [0.25, 0.3) is 0 Å². The van der Waals surface area contributed by atoms with Crippen molar-refractivity contribution in [1.82, 2.24) is 4.90 Å². The summed E-state index contributed by atoms with van der Waals surface area (Å²) < 4.78 is 5.64. The maximum Gasteiger partial charge on any atom is 0.407 e. The number of hydrogen-bond acceptors (Lipinski definition) is 2. The first-order valence-corrected chi connectivity index (χ1v) is 7.30. The van der Waals surface area contributed by atoms with E-state index in [-0.39, 0.29) is 6.10 Å². The Labute approximate surface area is 120 Å². The molecule has 1 saturated heterocycles. The fourth-order valence-corrected chi connectivity index (χ4v) is 2.71. The molecule has 110 valence electrons. The van der Waals surface area contributed by atoms with Crippen molar-refractivity contribution < 1.29 is 14.6 Å². The molecule has 1 aromatic carbocycles. The highest BCUT2D eigenvalue weighted by Crippen LogP contribution is 2.29. The number of rotatable bonds is 3. The third-order valence-electron chi connectivity index (χ3n) is 3.72. The zero-order chi connectivity index (χ0) is 14.5. The van der Waals surface area contributed by atoms with Gasteiger partial charge in [0.05, 0.1) is 6.10 Å². The molecular formula is C16H23NO3. The van der Waals surface area contributed by atoms with Crippen LogP contribution in [0.1, 0.15) is 44.6 Å². The second-order valence-electron chi connectivity index (χ2n) is 5.63. The lowest BCUT2D eigenvalue weighted by molar-refractivity contribution is 0.147. The standard InChI is InChI=1S/C16H23NO3/c1-12(2)20-15-7-5-14(6-8-15)13-4-3-10-17(11-9-13)16(18)19/h5-8,12-13H,3-4,9-11H2,1-2H3,(H,18,19). The van der Waals surface area contributed by atoms with Crippen molar-refractivity contribution >= 4 is 6.09 Å². The minimum Gasteiger partial charge on any atom is -0.491 e. The molecule has 1 heterocycles. The van der Waals surface area contributed by atoms with Crippen LogP contribution in [0, 0.1) is 0 Å². The Hall–Kier alpha value is -1.71. The predicted octanol–water partition coefficient (Wildman–Crippen LogP) is 3.72. The van der Waals surface area contributed by atoms with Gasteiger partial charge in [-0.1, -0.05) is 12.1 Å². The Morgan fingerprint density at radius 1 is 1.25 bits per heavy atom. The van der Waals surface area contributed by atoms with E-state index in [0.717, 1.165) is 25.0 Å². The largest absolute Gasteiger partial charge is 0.491 e. The van der Waals surface area contributed by atoms with Gasteiger partial charge in [-0.25, -0.2) is 4.79 Å². The topological polar surface area (TPSA) is 49.8 Å². The average Bonchev–Trinajstić information content (AvgIpc) is 2.64. The van der Waals surface area contributed by atoms with Crippen LogP contribution in [0.3, 0.4) is 0 Å². The van der Waals surface area contributed by atoms with Crippen LogP contribution in [-0.4, -0.2) is 35.3 Å². The van der Waals surface area contributed by atoms with E-state index in [1.165, 1.54) is 10.5 Å². The minimum absolute atomic E-state index is 0.183. The van der Waals surface area contributed by atoms with E-state index >= 15 is 0 Å². The molecule has 1 amide bonds. The highest BCUT2D eigenvalue weighted by atomic mass is 16.5. The van der Waals surface area contributed by atoms with E-state index in [9.17, 15) is 4.79 Å².